The fourth-order valence-electron chi connectivity index (χ4n) is 3.42. The Morgan fingerprint density at radius 2 is 1.47 bits per heavy atom. The molecule has 0 heterocycles. The van der Waals surface area contributed by atoms with E-state index in [1.54, 1.807) is 6.08 Å². The van der Waals surface area contributed by atoms with E-state index in [1.807, 2.05) is 84.9 Å². The molecular formula is C28H27NO4S. The van der Waals surface area contributed by atoms with Crippen molar-refractivity contribution >= 4 is 34.8 Å². The molecule has 0 aromatic heterocycles. The number of carboxylic acid groups (broad SMARTS) is 1. The van der Waals surface area contributed by atoms with Crippen LogP contribution < -0.4 is 5.32 Å². The summed E-state index contributed by atoms with van der Waals surface area (Å²) in [6.45, 7) is 1.44. The van der Waals surface area contributed by atoms with E-state index in [0.717, 1.165) is 34.0 Å². The molecule has 0 aliphatic rings. The highest BCUT2D eigenvalue weighted by molar-refractivity contribution is 8.13. The molecule has 34 heavy (non-hydrogen) atoms. The molecule has 2 N–H and O–H groups in total. The zero-order valence-electron chi connectivity index (χ0n) is 18.9. The lowest BCUT2D eigenvalue weighted by Gasteiger charge is -2.16. The summed E-state index contributed by atoms with van der Waals surface area (Å²) in [5, 5.41) is 12.2. The van der Waals surface area contributed by atoms with E-state index >= 15 is 0 Å². The van der Waals surface area contributed by atoms with Crippen molar-refractivity contribution < 1.29 is 19.5 Å². The predicted octanol–water partition coefficient (Wildman–Crippen LogP) is 5.22. The molecule has 174 valence electrons. The Bertz CT molecular complexity index is 1140. The summed E-state index contributed by atoms with van der Waals surface area (Å²) in [4.78, 5) is 36.3. The fraction of sp³-hybridized carbons (Fsp3) is 0.179. The molecule has 0 spiro atoms. The van der Waals surface area contributed by atoms with Crippen molar-refractivity contribution in [1.82, 2.24) is 5.32 Å². The first-order valence-corrected chi connectivity index (χ1v) is 12.0. The highest BCUT2D eigenvalue weighted by atomic mass is 32.2. The number of rotatable bonds is 10. The normalized spacial score (nSPS) is 12.1. The quantitative estimate of drug-likeness (QED) is 0.395. The molecular weight excluding hydrogens is 446 g/mol. The van der Waals surface area contributed by atoms with E-state index in [-0.39, 0.29) is 17.3 Å². The number of nitrogens with one attached hydrogen (secondary N) is 1. The van der Waals surface area contributed by atoms with Gasteiger partial charge in [-0.15, -0.1) is 0 Å². The number of hydrogen-bond donors (Lipinski definition) is 2. The first-order valence-electron chi connectivity index (χ1n) is 11.0. The van der Waals surface area contributed by atoms with E-state index in [9.17, 15) is 19.5 Å². The topological polar surface area (TPSA) is 83.5 Å². The van der Waals surface area contributed by atoms with Crippen LogP contribution in [0.5, 0.6) is 0 Å². The van der Waals surface area contributed by atoms with Gasteiger partial charge in [0.1, 0.15) is 6.04 Å². The summed E-state index contributed by atoms with van der Waals surface area (Å²) in [6.07, 6.45) is 2.50. The van der Waals surface area contributed by atoms with Gasteiger partial charge in [0.15, 0.2) is 5.12 Å². The number of thioether (sulfide) groups is 1. The second kappa shape index (κ2) is 12.6. The van der Waals surface area contributed by atoms with Crippen molar-refractivity contribution in [3.05, 3.63) is 102 Å². The average Bonchev–Trinajstić information content (AvgIpc) is 2.85. The van der Waals surface area contributed by atoms with Gasteiger partial charge >= 0.3 is 5.97 Å². The van der Waals surface area contributed by atoms with Crippen LogP contribution in [0.2, 0.25) is 0 Å². The van der Waals surface area contributed by atoms with Crippen molar-refractivity contribution in [2.24, 2.45) is 0 Å². The highest BCUT2D eigenvalue weighted by Crippen LogP contribution is 2.21. The van der Waals surface area contributed by atoms with E-state index in [2.05, 4.69) is 5.32 Å². The van der Waals surface area contributed by atoms with Crippen molar-refractivity contribution in [1.29, 1.82) is 0 Å². The van der Waals surface area contributed by atoms with Gasteiger partial charge in [0.2, 0.25) is 5.91 Å². The minimum Gasteiger partial charge on any atom is -0.480 e. The van der Waals surface area contributed by atoms with Crippen LogP contribution in [-0.4, -0.2) is 33.9 Å². The first kappa shape index (κ1) is 25.0. The molecule has 3 aromatic rings. The zero-order chi connectivity index (χ0) is 24.3. The molecule has 0 unspecified atom stereocenters. The van der Waals surface area contributed by atoms with Gasteiger partial charge < -0.3 is 10.4 Å². The number of amides is 1. The second-order valence-corrected chi connectivity index (χ2v) is 8.98. The Kier molecular flexibility index (Phi) is 9.23. The molecule has 0 aliphatic heterocycles. The third-order valence-corrected chi connectivity index (χ3v) is 6.11. The number of carboxylic acids is 1. The SMILES string of the molecule is CC(=O)SC/C(=C\c1ccc(-c2ccccc2)cc1)C(=O)N[C@@H](CCc1ccccc1)C(=O)O. The van der Waals surface area contributed by atoms with Gasteiger partial charge in [-0.05, 0) is 41.2 Å². The Labute approximate surface area is 203 Å². The standard InChI is InChI=1S/C28H27NO4S/c1-20(30)34-19-25(18-22-12-15-24(16-13-22)23-10-6-3-7-11-23)27(31)29-26(28(32)33)17-14-21-8-4-2-5-9-21/h2-13,15-16,18,26H,14,17,19H2,1H3,(H,29,31)(H,32,33)/b25-18+/t26-/m0/s1. The highest BCUT2D eigenvalue weighted by Gasteiger charge is 2.22. The number of hydrogen-bond acceptors (Lipinski definition) is 4. The number of aryl methyl sites for hydroxylation is 1. The Morgan fingerprint density at radius 1 is 0.882 bits per heavy atom. The van der Waals surface area contributed by atoms with Gasteiger partial charge in [-0.1, -0.05) is 96.7 Å². The Morgan fingerprint density at radius 3 is 2.06 bits per heavy atom. The van der Waals surface area contributed by atoms with Gasteiger partial charge in [-0.25, -0.2) is 4.79 Å². The average molecular weight is 474 g/mol. The summed E-state index contributed by atoms with van der Waals surface area (Å²) in [7, 11) is 0. The predicted molar refractivity (Wildman–Crippen MR) is 137 cm³/mol. The van der Waals surface area contributed by atoms with Gasteiger partial charge in [0.25, 0.3) is 0 Å². The van der Waals surface area contributed by atoms with Crippen LogP contribution in [-0.2, 0) is 20.8 Å². The van der Waals surface area contributed by atoms with Crippen molar-refractivity contribution in [2.75, 3.05) is 5.75 Å². The van der Waals surface area contributed by atoms with Gasteiger partial charge in [0, 0.05) is 18.2 Å². The third kappa shape index (κ3) is 7.74. The summed E-state index contributed by atoms with van der Waals surface area (Å²) in [5.74, 6) is -1.41. The van der Waals surface area contributed by atoms with E-state index in [4.69, 9.17) is 0 Å². The molecule has 1 amide bonds. The molecule has 1 atom stereocenters. The number of carbonyl (C=O) groups excluding carboxylic acids is 2. The fourth-order valence-corrected chi connectivity index (χ4v) is 3.99. The molecule has 6 heteroatoms. The second-order valence-electron chi connectivity index (χ2n) is 7.83. The van der Waals surface area contributed by atoms with Crippen molar-refractivity contribution in [2.45, 2.75) is 25.8 Å². The van der Waals surface area contributed by atoms with E-state index in [0.29, 0.717) is 12.0 Å². The maximum absolute atomic E-state index is 13.0. The van der Waals surface area contributed by atoms with Crippen LogP contribution in [0.25, 0.3) is 17.2 Å². The van der Waals surface area contributed by atoms with Crippen LogP contribution in [0.3, 0.4) is 0 Å². The largest absolute Gasteiger partial charge is 0.480 e. The van der Waals surface area contributed by atoms with Gasteiger partial charge in [0.05, 0.1) is 0 Å². The molecule has 0 saturated carbocycles. The molecule has 3 aromatic carbocycles. The van der Waals surface area contributed by atoms with E-state index in [1.165, 1.54) is 6.92 Å². The molecule has 0 radical (unpaired) electrons. The summed E-state index contributed by atoms with van der Waals surface area (Å²) in [6, 6.07) is 26.2. The maximum atomic E-state index is 13.0. The molecule has 3 rings (SSSR count). The summed E-state index contributed by atoms with van der Waals surface area (Å²) < 4.78 is 0. The van der Waals surface area contributed by atoms with Crippen LogP contribution in [0.4, 0.5) is 0 Å². The van der Waals surface area contributed by atoms with Crippen molar-refractivity contribution in [3.8, 4) is 11.1 Å². The van der Waals surface area contributed by atoms with Crippen molar-refractivity contribution in [3.63, 3.8) is 0 Å². The summed E-state index contributed by atoms with van der Waals surface area (Å²) >= 11 is 1.02. The van der Waals surface area contributed by atoms with Gasteiger partial charge in [-0.2, -0.15) is 0 Å². The van der Waals surface area contributed by atoms with Gasteiger partial charge in [-0.3, -0.25) is 9.59 Å². The smallest absolute Gasteiger partial charge is 0.326 e. The minimum atomic E-state index is -1.09. The molecule has 5 nitrogen and oxygen atoms in total. The molecule has 0 bridgehead atoms. The Hall–Kier alpha value is -3.64. The van der Waals surface area contributed by atoms with Crippen LogP contribution in [0.1, 0.15) is 24.5 Å². The lowest BCUT2D eigenvalue weighted by atomic mass is 10.0. The number of benzene rings is 3. The Balaban J connectivity index is 1.75. The lowest BCUT2D eigenvalue weighted by molar-refractivity contribution is -0.141. The maximum Gasteiger partial charge on any atom is 0.326 e. The zero-order valence-corrected chi connectivity index (χ0v) is 19.8. The van der Waals surface area contributed by atoms with E-state index < -0.39 is 17.9 Å². The lowest BCUT2D eigenvalue weighted by Crippen LogP contribution is -2.42. The minimum absolute atomic E-state index is 0.114. The number of aliphatic carboxylic acids is 1. The first-order chi connectivity index (χ1) is 16.4. The van der Waals surface area contributed by atoms with Crippen LogP contribution in [0, 0.1) is 0 Å². The monoisotopic (exact) mass is 473 g/mol. The number of carbonyl (C=O) groups is 3. The summed E-state index contributed by atoms with van der Waals surface area (Å²) in [5.41, 5.74) is 4.28. The van der Waals surface area contributed by atoms with Crippen LogP contribution >= 0.6 is 11.8 Å². The third-order valence-electron chi connectivity index (χ3n) is 5.25. The molecule has 0 saturated heterocycles. The molecule has 0 aliphatic carbocycles. The van der Waals surface area contributed by atoms with Crippen LogP contribution in [0.15, 0.2) is 90.5 Å². The molecule has 0 fully saturated rings.